The van der Waals surface area contributed by atoms with Crippen LogP contribution < -0.4 is 0 Å². The Labute approximate surface area is 105 Å². The summed E-state index contributed by atoms with van der Waals surface area (Å²) in [7, 11) is 0. The highest BCUT2D eigenvalue weighted by atomic mass is 16.5. The lowest BCUT2D eigenvalue weighted by molar-refractivity contribution is -0.189. The second-order valence-corrected chi connectivity index (χ2v) is 6.74. The molecule has 0 aromatic rings. The molecule has 3 saturated carbocycles. The lowest BCUT2D eigenvalue weighted by Crippen LogP contribution is -2.57. The molecular formula is C15H26O2. The van der Waals surface area contributed by atoms with Crippen molar-refractivity contribution in [2.75, 3.05) is 0 Å². The number of carbonyl (C=O) groups excluding carboxylic acids is 1. The van der Waals surface area contributed by atoms with Crippen molar-refractivity contribution in [1.29, 1.82) is 0 Å². The molecule has 0 heterocycles. The van der Waals surface area contributed by atoms with E-state index in [9.17, 15) is 4.79 Å². The van der Waals surface area contributed by atoms with E-state index in [4.69, 9.17) is 4.74 Å². The maximum absolute atomic E-state index is 11.8. The predicted molar refractivity (Wildman–Crippen MR) is 68.5 cm³/mol. The van der Waals surface area contributed by atoms with E-state index in [1.165, 1.54) is 6.42 Å². The maximum Gasteiger partial charge on any atom is 0.308 e. The van der Waals surface area contributed by atoms with Gasteiger partial charge in [-0.3, -0.25) is 4.79 Å². The zero-order chi connectivity index (χ0) is 12.8. The molecule has 1 unspecified atom stereocenters. The first-order valence-corrected chi connectivity index (χ1v) is 7.08. The van der Waals surface area contributed by atoms with Crippen LogP contribution in [0.3, 0.4) is 0 Å². The summed E-state index contributed by atoms with van der Waals surface area (Å²) in [6.07, 6.45) is 3.46. The van der Waals surface area contributed by atoms with E-state index in [0.29, 0.717) is 11.3 Å². The van der Waals surface area contributed by atoms with E-state index in [1.807, 2.05) is 13.8 Å². The van der Waals surface area contributed by atoms with Crippen LogP contribution in [0.4, 0.5) is 0 Å². The molecule has 0 spiro atoms. The molecule has 0 N–H and O–H groups in total. The monoisotopic (exact) mass is 238 g/mol. The molecule has 0 aromatic heterocycles. The quantitative estimate of drug-likeness (QED) is 0.702. The highest BCUT2D eigenvalue weighted by Gasteiger charge is 2.57. The fourth-order valence-corrected chi connectivity index (χ4v) is 3.69. The molecule has 2 heteroatoms. The summed E-state index contributed by atoms with van der Waals surface area (Å²) in [5.74, 6) is 2.09. The summed E-state index contributed by atoms with van der Waals surface area (Å²) >= 11 is 0. The van der Waals surface area contributed by atoms with Crippen molar-refractivity contribution in [3.05, 3.63) is 0 Å². The van der Waals surface area contributed by atoms with Crippen molar-refractivity contribution in [1.82, 2.24) is 0 Å². The Balaban J connectivity index is 1.95. The second kappa shape index (κ2) is 4.29. The van der Waals surface area contributed by atoms with Gasteiger partial charge >= 0.3 is 5.97 Å². The third-order valence-corrected chi connectivity index (χ3v) is 5.57. The van der Waals surface area contributed by atoms with Gasteiger partial charge < -0.3 is 4.74 Å². The van der Waals surface area contributed by atoms with E-state index in [1.54, 1.807) is 0 Å². The molecule has 0 radical (unpaired) electrons. The summed E-state index contributed by atoms with van der Waals surface area (Å²) in [5, 5.41) is 0. The molecule has 0 saturated heterocycles. The van der Waals surface area contributed by atoms with Gasteiger partial charge in [0.15, 0.2) is 0 Å². The zero-order valence-electron chi connectivity index (χ0n) is 11.8. The van der Waals surface area contributed by atoms with Gasteiger partial charge in [0.25, 0.3) is 0 Å². The molecule has 17 heavy (non-hydrogen) atoms. The Morgan fingerprint density at radius 1 is 1.41 bits per heavy atom. The molecule has 3 fully saturated rings. The number of ether oxygens (including phenoxy) is 1. The number of carbonyl (C=O) groups is 1. The Kier molecular flexibility index (Phi) is 3.26. The SMILES string of the molecule is CCC(C)C(=O)O[C@@H]1C[C@@H]2C[C@H]([C@H]1C)C2(C)C. The minimum atomic E-state index is 0.00320. The van der Waals surface area contributed by atoms with Crippen LogP contribution in [-0.2, 0) is 9.53 Å². The molecule has 0 aliphatic heterocycles. The largest absolute Gasteiger partial charge is 0.462 e. The van der Waals surface area contributed by atoms with E-state index in [2.05, 4.69) is 20.8 Å². The molecule has 5 atom stereocenters. The number of fused-ring (bicyclic) bond motifs is 2. The van der Waals surface area contributed by atoms with Crippen LogP contribution >= 0.6 is 0 Å². The second-order valence-electron chi connectivity index (χ2n) is 6.74. The number of esters is 1. The molecule has 2 nitrogen and oxygen atoms in total. The van der Waals surface area contributed by atoms with E-state index >= 15 is 0 Å². The van der Waals surface area contributed by atoms with Gasteiger partial charge in [0.05, 0.1) is 5.92 Å². The molecular weight excluding hydrogens is 212 g/mol. The van der Waals surface area contributed by atoms with Crippen LogP contribution in [0.2, 0.25) is 0 Å². The van der Waals surface area contributed by atoms with Gasteiger partial charge in [-0.25, -0.2) is 0 Å². The normalized spacial score (nSPS) is 40.3. The number of hydrogen-bond acceptors (Lipinski definition) is 2. The smallest absolute Gasteiger partial charge is 0.308 e. The first-order chi connectivity index (χ1) is 7.87. The Hall–Kier alpha value is -0.530. The van der Waals surface area contributed by atoms with Crippen molar-refractivity contribution in [3.63, 3.8) is 0 Å². The Bertz CT molecular complexity index is 308. The standard InChI is InChI=1S/C15H26O2/c1-6-9(2)14(16)17-13-8-11-7-12(10(13)3)15(11,4)5/h9-13H,6-8H2,1-5H3/t9?,10-,11+,12-,13-/m1/s1. The van der Waals surface area contributed by atoms with Gasteiger partial charge in [-0.05, 0) is 42.4 Å². The van der Waals surface area contributed by atoms with Crippen molar-refractivity contribution in [3.8, 4) is 0 Å². The summed E-state index contributed by atoms with van der Waals surface area (Å²) in [6, 6.07) is 0. The molecule has 3 rings (SSSR count). The Morgan fingerprint density at radius 3 is 2.53 bits per heavy atom. The minimum Gasteiger partial charge on any atom is -0.462 e. The van der Waals surface area contributed by atoms with Crippen LogP contribution in [0.25, 0.3) is 0 Å². The van der Waals surface area contributed by atoms with Gasteiger partial charge in [-0.2, -0.15) is 0 Å². The summed E-state index contributed by atoms with van der Waals surface area (Å²) < 4.78 is 5.71. The van der Waals surface area contributed by atoms with Crippen LogP contribution in [0.15, 0.2) is 0 Å². The lowest BCUT2D eigenvalue weighted by atomic mass is 9.45. The van der Waals surface area contributed by atoms with Crippen molar-refractivity contribution in [2.24, 2.45) is 29.1 Å². The lowest BCUT2D eigenvalue weighted by Gasteiger charge is -2.61. The van der Waals surface area contributed by atoms with Crippen LogP contribution in [0.1, 0.15) is 53.9 Å². The highest BCUT2D eigenvalue weighted by Crippen LogP contribution is 2.61. The average Bonchev–Trinajstić information content (AvgIpc) is 2.29. The Morgan fingerprint density at radius 2 is 2.06 bits per heavy atom. The van der Waals surface area contributed by atoms with E-state index in [0.717, 1.165) is 24.7 Å². The van der Waals surface area contributed by atoms with Crippen molar-refractivity contribution in [2.45, 2.75) is 60.0 Å². The summed E-state index contributed by atoms with van der Waals surface area (Å²) in [5.41, 5.74) is 0.471. The van der Waals surface area contributed by atoms with E-state index < -0.39 is 0 Å². The first-order valence-electron chi connectivity index (χ1n) is 7.08. The fourth-order valence-electron chi connectivity index (χ4n) is 3.69. The molecule has 98 valence electrons. The summed E-state index contributed by atoms with van der Waals surface area (Å²) in [4.78, 5) is 11.8. The van der Waals surface area contributed by atoms with Gasteiger partial charge in [0.2, 0.25) is 0 Å². The van der Waals surface area contributed by atoms with Crippen LogP contribution in [-0.4, -0.2) is 12.1 Å². The zero-order valence-corrected chi connectivity index (χ0v) is 11.8. The van der Waals surface area contributed by atoms with Gasteiger partial charge in [-0.15, -0.1) is 0 Å². The highest BCUT2D eigenvalue weighted by molar-refractivity contribution is 5.72. The fraction of sp³-hybridized carbons (Fsp3) is 0.933. The third kappa shape index (κ3) is 2.00. The topological polar surface area (TPSA) is 26.3 Å². The van der Waals surface area contributed by atoms with Crippen molar-refractivity contribution < 1.29 is 9.53 Å². The molecule has 0 aromatic carbocycles. The third-order valence-electron chi connectivity index (χ3n) is 5.57. The van der Waals surface area contributed by atoms with E-state index in [-0.39, 0.29) is 18.0 Å². The molecule has 3 aliphatic rings. The predicted octanol–water partition coefficient (Wildman–Crippen LogP) is 3.65. The maximum atomic E-state index is 11.8. The average molecular weight is 238 g/mol. The van der Waals surface area contributed by atoms with Gasteiger partial charge in [0, 0.05) is 0 Å². The first kappa shape index (κ1) is 12.9. The number of hydrogen-bond donors (Lipinski definition) is 0. The van der Waals surface area contributed by atoms with Crippen LogP contribution in [0, 0.1) is 29.1 Å². The van der Waals surface area contributed by atoms with Crippen molar-refractivity contribution >= 4 is 5.97 Å². The minimum absolute atomic E-state index is 0.00320. The molecule has 2 bridgehead atoms. The molecule has 3 aliphatic carbocycles. The molecule has 0 amide bonds. The van der Waals surface area contributed by atoms with Gasteiger partial charge in [-0.1, -0.05) is 34.6 Å². The number of rotatable bonds is 3. The van der Waals surface area contributed by atoms with Crippen LogP contribution in [0.5, 0.6) is 0 Å². The summed E-state index contributed by atoms with van der Waals surface area (Å²) in [6.45, 7) is 11.0. The van der Waals surface area contributed by atoms with Gasteiger partial charge in [0.1, 0.15) is 6.10 Å².